The van der Waals surface area contributed by atoms with E-state index < -0.39 is 12.0 Å². The monoisotopic (exact) mass is 320 g/mol. The van der Waals surface area contributed by atoms with E-state index >= 15 is 0 Å². The normalized spacial score (nSPS) is 10.3. The summed E-state index contributed by atoms with van der Waals surface area (Å²) >= 11 is 1.22. The zero-order valence-electron chi connectivity index (χ0n) is 12.2. The molecular formula is C14H16N4O3S. The summed E-state index contributed by atoms with van der Waals surface area (Å²) < 4.78 is 5.91. The van der Waals surface area contributed by atoms with E-state index in [0.717, 1.165) is 4.68 Å². The third-order valence-electron chi connectivity index (χ3n) is 2.78. The highest BCUT2D eigenvalue weighted by molar-refractivity contribution is 7.98. The number of nitrogens with zero attached hydrogens (tertiary/aromatic N) is 2. The van der Waals surface area contributed by atoms with Crippen molar-refractivity contribution in [1.82, 2.24) is 9.78 Å². The fraction of sp³-hybridized carbons (Fsp3) is 0.214. The number of carbonyl (C=O) groups excluding carboxylic acids is 2. The van der Waals surface area contributed by atoms with Gasteiger partial charge in [-0.25, -0.2) is 9.59 Å². The number of hydrogen-bond donors (Lipinski definition) is 2. The molecule has 1 heterocycles. The van der Waals surface area contributed by atoms with Crippen LogP contribution in [0.15, 0.2) is 35.4 Å². The number of nitrogen functional groups attached to an aromatic ring is 1. The van der Waals surface area contributed by atoms with Crippen molar-refractivity contribution in [3.05, 3.63) is 35.9 Å². The SMILES string of the molecule is CCOC(=O)c1c(SC)nn(C(=O)Nc2ccccc2)c1N. The minimum Gasteiger partial charge on any atom is -0.462 e. The number of esters is 1. The molecule has 0 aliphatic rings. The van der Waals surface area contributed by atoms with Crippen molar-refractivity contribution >= 4 is 35.3 Å². The van der Waals surface area contributed by atoms with Gasteiger partial charge in [-0.1, -0.05) is 18.2 Å². The standard InChI is InChI=1S/C14H16N4O3S/c1-3-21-13(19)10-11(15)18(17-12(10)22-2)14(20)16-9-7-5-4-6-8-9/h4-8H,3,15H2,1-2H3,(H,16,20). The van der Waals surface area contributed by atoms with Gasteiger partial charge in [0.1, 0.15) is 16.4 Å². The molecule has 1 aromatic heterocycles. The molecule has 22 heavy (non-hydrogen) atoms. The van der Waals surface area contributed by atoms with Gasteiger partial charge in [-0.3, -0.25) is 0 Å². The van der Waals surface area contributed by atoms with Crippen LogP contribution in [-0.2, 0) is 4.74 Å². The minimum absolute atomic E-state index is 0.0452. The molecule has 2 rings (SSSR count). The summed E-state index contributed by atoms with van der Waals surface area (Å²) in [6, 6.07) is 8.34. The largest absolute Gasteiger partial charge is 0.462 e. The summed E-state index contributed by atoms with van der Waals surface area (Å²) in [5.41, 5.74) is 6.60. The Morgan fingerprint density at radius 2 is 2.05 bits per heavy atom. The Bertz CT molecular complexity index is 685. The zero-order chi connectivity index (χ0) is 16.1. The van der Waals surface area contributed by atoms with E-state index in [-0.39, 0.29) is 18.0 Å². The maximum atomic E-state index is 12.2. The first kappa shape index (κ1) is 15.9. The van der Waals surface area contributed by atoms with Crippen molar-refractivity contribution in [1.29, 1.82) is 0 Å². The Hall–Kier alpha value is -2.48. The van der Waals surface area contributed by atoms with E-state index in [2.05, 4.69) is 10.4 Å². The van der Waals surface area contributed by atoms with Crippen LogP contribution >= 0.6 is 11.8 Å². The molecule has 0 saturated carbocycles. The van der Waals surface area contributed by atoms with Crippen LogP contribution in [0.2, 0.25) is 0 Å². The Morgan fingerprint density at radius 1 is 1.36 bits per heavy atom. The molecule has 0 bridgehead atoms. The second kappa shape index (κ2) is 6.99. The maximum Gasteiger partial charge on any atom is 0.348 e. The lowest BCUT2D eigenvalue weighted by molar-refractivity contribution is 0.0523. The van der Waals surface area contributed by atoms with Gasteiger partial charge in [0.25, 0.3) is 0 Å². The quantitative estimate of drug-likeness (QED) is 0.663. The molecule has 1 amide bonds. The smallest absolute Gasteiger partial charge is 0.348 e. The number of nitrogens with two attached hydrogens (primary N) is 1. The fourth-order valence-electron chi connectivity index (χ4n) is 1.80. The van der Waals surface area contributed by atoms with E-state index in [1.165, 1.54) is 11.8 Å². The second-order valence-corrected chi connectivity index (χ2v) is 4.99. The van der Waals surface area contributed by atoms with Crippen molar-refractivity contribution < 1.29 is 14.3 Å². The molecule has 0 radical (unpaired) electrons. The molecule has 0 aliphatic carbocycles. The van der Waals surface area contributed by atoms with Gasteiger partial charge in [0.15, 0.2) is 0 Å². The van der Waals surface area contributed by atoms with Gasteiger partial charge in [-0.05, 0) is 25.3 Å². The molecule has 1 aromatic carbocycles. The number of thioether (sulfide) groups is 1. The number of rotatable bonds is 4. The number of anilines is 2. The van der Waals surface area contributed by atoms with Crippen LogP contribution in [0.3, 0.4) is 0 Å². The predicted octanol–water partition coefficient (Wildman–Crippen LogP) is 2.44. The van der Waals surface area contributed by atoms with Crippen molar-refractivity contribution in [2.24, 2.45) is 0 Å². The Labute approximate surface area is 131 Å². The summed E-state index contributed by atoms with van der Waals surface area (Å²) in [5, 5.41) is 7.07. The van der Waals surface area contributed by atoms with E-state index in [4.69, 9.17) is 10.5 Å². The molecule has 0 fully saturated rings. The molecule has 3 N–H and O–H groups in total. The first-order valence-electron chi connectivity index (χ1n) is 6.54. The van der Waals surface area contributed by atoms with Crippen LogP contribution in [0.5, 0.6) is 0 Å². The third kappa shape index (κ3) is 3.22. The third-order valence-corrected chi connectivity index (χ3v) is 3.45. The summed E-state index contributed by atoms with van der Waals surface area (Å²) in [4.78, 5) is 24.2. The lowest BCUT2D eigenvalue weighted by Gasteiger charge is -2.06. The molecule has 0 saturated heterocycles. The van der Waals surface area contributed by atoms with Crippen LogP contribution in [0.4, 0.5) is 16.3 Å². The summed E-state index contributed by atoms with van der Waals surface area (Å²) in [6.07, 6.45) is 1.74. The van der Waals surface area contributed by atoms with Crippen molar-refractivity contribution in [2.75, 3.05) is 23.9 Å². The second-order valence-electron chi connectivity index (χ2n) is 4.20. The number of amides is 1. The van der Waals surface area contributed by atoms with Crippen LogP contribution < -0.4 is 11.1 Å². The highest BCUT2D eigenvalue weighted by Gasteiger charge is 2.25. The van der Waals surface area contributed by atoms with Crippen molar-refractivity contribution in [3.8, 4) is 0 Å². The lowest BCUT2D eigenvalue weighted by Crippen LogP contribution is -2.22. The average molecular weight is 320 g/mol. The Kier molecular flexibility index (Phi) is 5.05. The molecule has 0 unspecified atom stereocenters. The lowest BCUT2D eigenvalue weighted by atomic mass is 10.3. The molecule has 7 nitrogen and oxygen atoms in total. The van der Waals surface area contributed by atoms with Gasteiger partial charge in [0.2, 0.25) is 0 Å². The highest BCUT2D eigenvalue weighted by atomic mass is 32.2. The molecule has 2 aromatic rings. The van der Waals surface area contributed by atoms with Crippen molar-refractivity contribution in [3.63, 3.8) is 0 Å². The van der Waals surface area contributed by atoms with Crippen LogP contribution in [0, 0.1) is 0 Å². The minimum atomic E-state index is -0.594. The molecule has 0 aliphatic heterocycles. The van der Waals surface area contributed by atoms with E-state index in [1.807, 2.05) is 6.07 Å². The van der Waals surface area contributed by atoms with E-state index in [1.54, 1.807) is 37.4 Å². The number of benzene rings is 1. The number of carbonyl (C=O) groups is 2. The van der Waals surface area contributed by atoms with Crippen LogP contribution in [-0.4, -0.2) is 34.6 Å². The van der Waals surface area contributed by atoms with Gasteiger partial charge < -0.3 is 15.8 Å². The highest BCUT2D eigenvalue weighted by Crippen LogP contribution is 2.25. The Balaban J connectivity index is 2.31. The molecule has 8 heteroatoms. The average Bonchev–Trinajstić information content (AvgIpc) is 2.85. The zero-order valence-corrected chi connectivity index (χ0v) is 13.0. The van der Waals surface area contributed by atoms with Gasteiger partial charge in [0.05, 0.1) is 6.61 Å². The number of ether oxygens (including phenoxy) is 1. The number of hydrogen-bond acceptors (Lipinski definition) is 6. The van der Waals surface area contributed by atoms with E-state index in [0.29, 0.717) is 10.7 Å². The molecule has 0 spiro atoms. The summed E-state index contributed by atoms with van der Waals surface area (Å²) in [5.74, 6) is -0.639. The van der Waals surface area contributed by atoms with Crippen molar-refractivity contribution in [2.45, 2.75) is 11.9 Å². The molecule has 0 atom stereocenters. The number of aromatic nitrogens is 2. The van der Waals surface area contributed by atoms with Gasteiger partial charge >= 0.3 is 12.0 Å². The summed E-state index contributed by atoms with van der Waals surface area (Å²) in [7, 11) is 0. The number of nitrogens with one attached hydrogen (secondary N) is 1. The summed E-state index contributed by atoms with van der Waals surface area (Å²) in [6.45, 7) is 1.91. The first-order valence-corrected chi connectivity index (χ1v) is 7.77. The van der Waals surface area contributed by atoms with Gasteiger partial charge in [-0.2, -0.15) is 9.78 Å². The van der Waals surface area contributed by atoms with Crippen LogP contribution in [0.25, 0.3) is 0 Å². The molecular weight excluding hydrogens is 304 g/mol. The topological polar surface area (TPSA) is 99.2 Å². The van der Waals surface area contributed by atoms with Crippen LogP contribution in [0.1, 0.15) is 17.3 Å². The number of para-hydroxylation sites is 1. The first-order chi connectivity index (χ1) is 10.6. The van der Waals surface area contributed by atoms with Gasteiger partial charge in [-0.15, -0.1) is 11.8 Å². The molecule has 116 valence electrons. The van der Waals surface area contributed by atoms with E-state index in [9.17, 15) is 9.59 Å². The van der Waals surface area contributed by atoms with Gasteiger partial charge in [0, 0.05) is 5.69 Å². The fourth-order valence-corrected chi connectivity index (χ4v) is 2.36. The Morgan fingerprint density at radius 3 is 2.64 bits per heavy atom. The maximum absolute atomic E-state index is 12.2. The predicted molar refractivity (Wildman–Crippen MR) is 85.2 cm³/mol.